The predicted molar refractivity (Wildman–Crippen MR) is 73.7 cm³/mol. The highest BCUT2D eigenvalue weighted by molar-refractivity contribution is 9.10. The van der Waals surface area contributed by atoms with Crippen molar-refractivity contribution in [3.8, 4) is 0 Å². The van der Waals surface area contributed by atoms with Crippen molar-refractivity contribution in [3.63, 3.8) is 0 Å². The molecule has 2 fully saturated rings. The van der Waals surface area contributed by atoms with Gasteiger partial charge >= 0.3 is 0 Å². The van der Waals surface area contributed by atoms with Crippen LogP contribution in [0, 0.1) is 11.8 Å². The largest absolute Gasteiger partial charge is 0.458 e. The molecule has 1 aromatic rings. The molecule has 1 amide bonds. The molecule has 100 valence electrons. The molecule has 1 aliphatic carbocycles. The highest BCUT2D eigenvalue weighted by Gasteiger charge is 2.43. The van der Waals surface area contributed by atoms with Crippen molar-refractivity contribution in [1.82, 2.24) is 4.90 Å². The maximum Gasteiger partial charge on any atom is 0.290 e. The molecule has 0 radical (unpaired) electrons. The van der Waals surface area contributed by atoms with E-state index in [0.717, 1.165) is 30.4 Å². The molecule has 6 heteroatoms. The van der Waals surface area contributed by atoms with Gasteiger partial charge in [-0.3, -0.25) is 4.79 Å². The summed E-state index contributed by atoms with van der Waals surface area (Å²) in [6.45, 7) is 1.60. The quantitative estimate of drug-likeness (QED) is 0.856. The van der Waals surface area contributed by atoms with Crippen molar-refractivity contribution in [1.29, 1.82) is 0 Å². The lowest BCUT2D eigenvalue weighted by Gasteiger charge is -2.17. The van der Waals surface area contributed by atoms with E-state index in [2.05, 4.69) is 15.9 Å². The average molecular weight is 336 g/mol. The molecule has 1 saturated carbocycles. The Morgan fingerprint density at radius 2 is 2.22 bits per heavy atom. The Labute approximate surface area is 120 Å². The van der Waals surface area contributed by atoms with Crippen molar-refractivity contribution in [3.05, 3.63) is 22.6 Å². The van der Waals surface area contributed by atoms with Gasteiger partial charge in [-0.05, 0) is 46.7 Å². The van der Waals surface area contributed by atoms with E-state index in [0.29, 0.717) is 17.6 Å². The van der Waals surface area contributed by atoms with Crippen molar-refractivity contribution in [2.75, 3.05) is 13.1 Å². The summed E-state index contributed by atoms with van der Waals surface area (Å²) in [5.41, 5.74) is 6.06. The summed E-state index contributed by atoms with van der Waals surface area (Å²) in [7, 11) is 0. The lowest BCUT2D eigenvalue weighted by atomic mass is 9.98. The van der Waals surface area contributed by atoms with E-state index in [1.807, 2.05) is 4.90 Å². The van der Waals surface area contributed by atoms with Gasteiger partial charge < -0.3 is 15.1 Å². The molecular weight excluding hydrogens is 320 g/mol. The molecule has 1 aromatic heterocycles. The smallest absolute Gasteiger partial charge is 0.290 e. The van der Waals surface area contributed by atoms with Gasteiger partial charge in [-0.25, -0.2) is 0 Å². The highest BCUT2D eigenvalue weighted by atomic mass is 79.9. The number of nitrogens with two attached hydrogens (primary N) is 1. The predicted octanol–water partition coefficient (Wildman–Crippen LogP) is 2.27. The molecule has 0 bridgehead atoms. The fourth-order valence-corrected chi connectivity index (χ4v) is 3.43. The van der Waals surface area contributed by atoms with Gasteiger partial charge in [0, 0.05) is 19.1 Å². The number of furan rings is 1. The number of halogens is 2. The van der Waals surface area contributed by atoms with Crippen LogP contribution in [0.4, 0.5) is 0 Å². The van der Waals surface area contributed by atoms with Crippen LogP contribution in [0.15, 0.2) is 21.2 Å². The highest BCUT2D eigenvalue weighted by Crippen LogP contribution is 2.38. The standard InChI is InChI=1S/C12H15BrN2O2.ClH/c13-9-3-4-17-11(9)12(16)15-5-7-1-2-10(14)8(7)6-15;/h3-4,7-8,10H,1-2,5-6,14H2;1H. The number of nitrogens with zero attached hydrogens (tertiary/aromatic N) is 1. The Morgan fingerprint density at radius 3 is 2.83 bits per heavy atom. The fraction of sp³-hybridized carbons (Fsp3) is 0.583. The second-order valence-electron chi connectivity index (χ2n) is 4.97. The minimum absolute atomic E-state index is 0. The van der Waals surface area contributed by atoms with E-state index in [4.69, 9.17) is 10.2 Å². The number of hydrogen-bond acceptors (Lipinski definition) is 3. The van der Waals surface area contributed by atoms with E-state index in [1.54, 1.807) is 6.07 Å². The molecule has 2 N–H and O–H groups in total. The molecule has 18 heavy (non-hydrogen) atoms. The van der Waals surface area contributed by atoms with Crippen LogP contribution in [0.5, 0.6) is 0 Å². The van der Waals surface area contributed by atoms with E-state index in [9.17, 15) is 4.79 Å². The minimum atomic E-state index is -0.0246. The summed E-state index contributed by atoms with van der Waals surface area (Å²) in [5, 5.41) is 0. The lowest BCUT2D eigenvalue weighted by molar-refractivity contribution is 0.0746. The minimum Gasteiger partial charge on any atom is -0.458 e. The topological polar surface area (TPSA) is 59.5 Å². The second-order valence-corrected chi connectivity index (χ2v) is 5.83. The van der Waals surface area contributed by atoms with Crippen LogP contribution in [-0.4, -0.2) is 29.9 Å². The Hall–Kier alpha value is -0.520. The number of carbonyl (C=O) groups is 1. The van der Waals surface area contributed by atoms with Crippen LogP contribution in [0.1, 0.15) is 23.4 Å². The first-order valence-electron chi connectivity index (χ1n) is 5.94. The zero-order chi connectivity index (χ0) is 12.0. The van der Waals surface area contributed by atoms with Crippen LogP contribution in [0.2, 0.25) is 0 Å². The molecule has 4 nitrogen and oxygen atoms in total. The third kappa shape index (κ3) is 2.19. The summed E-state index contributed by atoms with van der Waals surface area (Å²) in [4.78, 5) is 14.1. The number of likely N-dealkylation sites (tertiary alicyclic amines) is 1. The molecule has 2 aliphatic rings. The van der Waals surface area contributed by atoms with E-state index < -0.39 is 0 Å². The zero-order valence-electron chi connectivity index (χ0n) is 9.84. The van der Waals surface area contributed by atoms with Gasteiger partial charge in [-0.15, -0.1) is 12.4 Å². The number of rotatable bonds is 1. The SMILES string of the molecule is Cl.NC1CCC2CN(C(=O)c3occc3Br)CC12. The van der Waals surface area contributed by atoms with E-state index in [1.165, 1.54) is 6.26 Å². The Balaban J connectivity index is 0.00000120. The van der Waals surface area contributed by atoms with E-state index >= 15 is 0 Å². The first kappa shape index (κ1) is 13.9. The Bertz CT molecular complexity index is 451. The summed E-state index contributed by atoms with van der Waals surface area (Å²) in [5.74, 6) is 1.44. The molecular formula is C12H16BrClN2O2. The van der Waals surface area contributed by atoms with Crippen molar-refractivity contribution < 1.29 is 9.21 Å². The zero-order valence-corrected chi connectivity index (χ0v) is 12.2. The van der Waals surface area contributed by atoms with Crippen LogP contribution < -0.4 is 5.73 Å². The third-order valence-corrected chi connectivity index (χ3v) is 4.64. The monoisotopic (exact) mass is 334 g/mol. The normalized spacial score (nSPS) is 30.1. The molecule has 1 aliphatic heterocycles. The van der Waals surface area contributed by atoms with Crippen LogP contribution in [0.3, 0.4) is 0 Å². The second kappa shape index (κ2) is 5.23. The molecule has 0 spiro atoms. The van der Waals surface area contributed by atoms with Gasteiger partial charge in [-0.1, -0.05) is 0 Å². The van der Waals surface area contributed by atoms with Crippen LogP contribution in [-0.2, 0) is 0 Å². The van der Waals surface area contributed by atoms with E-state index in [-0.39, 0.29) is 24.4 Å². The summed E-state index contributed by atoms with van der Waals surface area (Å²) in [6.07, 6.45) is 3.77. The number of carbonyl (C=O) groups excluding carboxylic acids is 1. The molecule has 3 atom stereocenters. The molecule has 3 rings (SSSR count). The first-order chi connectivity index (χ1) is 8.16. The van der Waals surface area contributed by atoms with Gasteiger partial charge in [0.1, 0.15) is 0 Å². The lowest BCUT2D eigenvalue weighted by Crippen LogP contribution is -2.33. The average Bonchev–Trinajstić information content (AvgIpc) is 2.96. The third-order valence-electron chi connectivity index (χ3n) is 4.01. The van der Waals surface area contributed by atoms with Gasteiger partial charge in [0.05, 0.1) is 10.7 Å². The number of amides is 1. The van der Waals surface area contributed by atoms with Crippen LogP contribution >= 0.6 is 28.3 Å². The molecule has 3 unspecified atom stereocenters. The van der Waals surface area contributed by atoms with Crippen molar-refractivity contribution >= 4 is 34.2 Å². The Kier molecular flexibility index (Phi) is 4.04. The maximum atomic E-state index is 12.2. The number of fused-ring (bicyclic) bond motifs is 1. The van der Waals surface area contributed by atoms with Gasteiger partial charge in [0.25, 0.3) is 5.91 Å². The van der Waals surface area contributed by atoms with Crippen molar-refractivity contribution in [2.24, 2.45) is 17.6 Å². The number of hydrogen-bond donors (Lipinski definition) is 1. The Morgan fingerprint density at radius 1 is 1.44 bits per heavy atom. The van der Waals surface area contributed by atoms with Gasteiger partial charge in [0.15, 0.2) is 0 Å². The molecule has 0 aromatic carbocycles. The molecule has 2 heterocycles. The maximum absolute atomic E-state index is 12.2. The summed E-state index contributed by atoms with van der Waals surface area (Å²) >= 11 is 3.32. The van der Waals surface area contributed by atoms with Gasteiger partial charge in [-0.2, -0.15) is 0 Å². The summed E-state index contributed by atoms with van der Waals surface area (Å²) in [6, 6.07) is 2.01. The summed E-state index contributed by atoms with van der Waals surface area (Å²) < 4.78 is 5.94. The van der Waals surface area contributed by atoms with Crippen LogP contribution in [0.25, 0.3) is 0 Å². The molecule has 1 saturated heterocycles. The fourth-order valence-electron chi connectivity index (χ4n) is 3.06. The first-order valence-corrected chi connectivity index (χ1v) is 6.74. The van der Waals surface area contributed by atoms with Crippen molar-refractivity contribution in [2.45, 2.75) is 18.9 Å². The van der Waals surface area contributed by atoms with Gasteiger partial charge in [0.2, 0.25) is 5.76 Å².